The van der Waals surface area contributed by atoms with Gasteiger partial charge in [-0.05, 0) is 52.3 Å². The van der Waals surface area contributed by atoms with Gasteiger partial charge in [0.2, 0.25) is 0 Å². The molecule has 1 aromatic heterocycles. The predicted octanol–water partition coefficient (Wildman–Crippen LogP) is 4.98. The third kappa shape index (κ3) is 2.78. The molecule has 0 amide bonds. The first kappa shape index (κ1) is 14.4. The summed E-state index contributed by atoms with van der Waals surface area (Å²) in [6.07, 6.45) is 0.492. The Morgan fingerprint density at radius 3 is 2.67 bits per heavy atom. The van der Waals surface area contributed by atoms with E-state index in [-0.39, 0.29) is 11.6 Å². The predicted molar refractivity (Wildman–Crippen MR) is 84.9 cm³/mol. The summed E-state index contributed by atoms with van der Waals surface area (Å²) in [4.78, 5) is 3.03. The molecule has 0 unspecified atom stereocenters. The van der Waals surface area contributed by atoms with Crippen LogP contribution in [0.15, 0.2) is 40.9 Å². The lowest BCUT2D eigenvalue weighted by Gasteiger charge is -2.06. The van der Waals surface area contributed by atoms with E-state index in [0.717, 1.165) is 5.52 Å². The molecule has 2 aromatic carbocycles. The van der Waals surface area contributed by atoms with Crippen molar-refractivity contribution in [3.8, 4) is 0 Å². The first-order chi connectivity index (χ1) is 10.1. The van der Waals surface area contributed by atoms with Gasteiger partial charge in [0.25, 0.3) is 0 Å². The van der Waals surface area contributed by atoms with Gasteiger partial charge in [0, 0.05) is 12.6 Å². The fourth-order valence-electron chi connectivity index (χ4n) is 2.31. The number of H-pyrrole nitrogens is 1. The van der Waals surface area contributed by atoms with Crippen LogP contribution in [0.5, 0.6) is 0 Å². The third-order valence-electron chi connectivity index (χ3n) is 3.38. The molecule has 3 rings (SSSR count). The van der Waals surface area contributed by atoms with Crippen LogP contribution in [-0.4, -0.2) is 9.55 Å². The van der Waals surface area contributed by atoms with Gasteiger partial charge in [-0.1, -0.05) is 18.2 Å². The lowest BCUT2D eigenvalue weighted by atomic mass is 10.1. The highest BCUT2D eigenvalue weighted by Crippen LogP contribution is 2.23. The average molecular weight is 369 g/mol. The van der Waals surface area contributed by atoms with Crippen LogP contribution in [0, 0.1) is 16.4 Å². The molecule has 0 saturated heterocycles. The van der Waals surface area contributed by atoms with Crippen molar-refractivity contribution >= 4 is 39.2 Å². The van der Waals surface area contributed by atoms with E-state index in [1.165, 1.54) is 12.1 Å². The molecule has 3 aromatic rings. The van der Waals surface area contributed by atoms with Gasteiger partial charge < -0.3 is 9.55 Å². The van der Waals surface area contributed by atoms with Gasteiger partial charge in [0.15, 0.2) is 4.77 Å². The highest BCUT2D eigenvalue weighted by atomic mass is 79.9. The minimum absolute atomic E-state index is 0.238. The van der Waals surface area contributed by atoms with Crippen molar-refractivity contribution in [3.63, 3.8) is 0 Å². The molecule has 2 nitrogen and oxygen atoms in total. The van der Waals surface area contributed by atoms with Crippen molar-refractivity contribution < 1.29 is 8.78 Å². The quantitative estimate of drug-likeness (QED) is 0.646. The van der Waals surface area contributed by atoms with Crippen molar-refractivity contribution in [2.75, 3.05) is 0 Å². The Kier molecular flexibility index (Phi) is 3.91. The highest BCUT2D eigenvalue weighted by molar-refractivity contribution is 9.10. The number of nitrogens with one attached hydrogen (secondary N) is 1. The average Bonchev–Trinajstić information content (AvgIpc) is 2.74. The smallest absolute Gasteiger partial charge is 0.178 e. The molecule has 6 heteroatoms. The molecule has 0 saturated carbocycles. The van der Waals surface area contributed by atoms with Crippen LogP contribution in [0.2, 0.25) is 0 Å². The number of imidazole rings is 1. The molecule has 0 bridgehead atoms. The Balaban J connectivity index is 1.97. The highest BCUT2D eigenvalue weighted by Gasteiger charge is 2.09. The molecule has 1 heterocycles. The molecule has 0 aliphatic rings. The SMILES string of the molecule is Fc1cc2c(cc1Br)[nH]c(=S)n2CCc1ccccc1F. The summed E-state index contributed by atoms with van der Waals surface area (Å²) in [5.74, 6) is -0.589. The molecule has 0 spiro atoms. The van der Waals surface area contributed by atoms with E-state index < -0.39 is 0 Å². The first-order valence-corrected chi connectivity index (χ1v) is 7.57. The fourth-order valence-corrected chi connectivity index (χ4v) is 2.95. The van der Waals surface area contributed by atoms with Crippen LogP contribution in [0.25, 0.3) is 11.0 Å². The summed E-state index contributed by atoms with van der Waals surface area (Å²) in [5.41, 5.74) is 2.05. The fraction of sp³-hybridized carbons (Fsp3) is 0.133. The number of hydrogen-bond acceptors (Lipinski definition) is 1. The van der Waals surface area contributed by atoms with Crippen molar-refractivity contribution in [3.05, 3.63) is 62.8 Å². The molecule has 0 aliphatic heterocycles. The number of aromatic amines is 1. The van der Waals surface area contributed by atoms with E-state index in [1.54, 1.807) is 28.8 Å². The van der Waals surface area contributed by atoms with Gasteiger partial charge in [0.05, 0.1) is 15.5 Å². The van der Waals surface area contributed by atoms with E-state index in [2.05, 4.69) is 20.9 Å². The van der Waals surface area contributed by atoms with Crippen molar-refractivity contribution in [2.45, 2.75) is 13.0 Å². The minimum Gasteiger partial charge on any atom is -0.331 e. The van der Waals surface area contributed by atoms with Crippen molar-refractivity contribution in [2.24, 2.45) is 0 Å². The molecule has 21 heavy (non-hydrogen) atoms. The summed E-state index contributed by atoms with van der Waals surface area (Å²) in [6.45, 7) is 0.487. The molecule has 108 valence electrons. The van der Waals surface area contributed by atoms with Gasteiger partial charge in [-0.2, -0.15) is 0 Å². The molecule has 0 atom stereocenters. The maximum atomic E-state index is 13.7. The van der Waals surface area contributed by atoms with E-state index >= 15 is 0 Å². The van der Waals surface area contributed by atoms with Gasteiger partial charge >= 0.3 is 0 Å². The topological polar surface area (TPSA) is 20.7 Å². The van der Waals surface area contributed by atoms with E-state index in [9.17, 15) is 8.78 Å². The molecule has 1 N–H and O–H groups in total. The van der Waals surface area contributed by atoms with E-state index in [0.29, 0.717) is 33.3 Å². The maximum absolute atomic E-state index is 13.7. The molecular formula is C15H11BrF2N2S. The number of benzene rings is 2. The first-order valence-electron chi connectivity index (χ1n) is 6.37. The molecule has 0 radical (unpaired) electrons. The second-order valence-corrected chi connectivity index (χ2v) is 5.95. The maximum Gasteiger partial charge on any atom is 0.178 e. The number of nitrogens with zero attached hydrogens (tertiary/aromatic N) is 1. The Bertz CT molecular complexity index is 870. The lowest BCUT2D eigenvalue weighted by molar-refractivity contribution is 0.594. The van der Waals surface area contributed by atoms with Gasteiger partial charge in [-0.3, -0.25) is 0 Å². The third-order valence-corrected chi connectivity index (χ3v) is 4.31. The monoisotopic (exact) mass is 368 g/mol. The Labute approximate surface area is 133 Å². The molecular weight excluding hydrogens is 358 g/mol. The van der Waals surface area contributed by atoms with Crippen molar-refractivity contribution in [1.82, 2.24) is 9.55 Å². The summed E-state index contributed by atoms with van der Waals surface area (Å²) in [6, 6.07) is 9.70. The number of rotatable bonds is 3. The lowest BCUT2D eigenvalue weighted by Crippen LogP contribution is -2.03. The van der Waals surface area contributed by atoms with Crippen LogP contribution in [-0.2, 0) is 13.0 Å². The van der Waals surface area contributed by atoms with Crippen LogP contribution in [0.4, 0.5) is 8.78 Å². The summed E-state index contributed by atoms with van der Waals surface area (Å²) >= 11 is 8.41. The van der Waals surface area contributed by atoms with Gasteiger partial charge in [0.1, 0.15) is 11.6 Å². The van der Waals surface area contributed by atoms with Gasteiger partial charge in [-0.25, -0.2) is 8.78 Å². The normalized spacial score (nSPS) is 11.2. The zero-order chi connectivity index (χ0) is 15.0. The Hall–Kier alpha value is -1.53. The van der Waals surface area contributed by atoms with Crippen LogP contribution < -0.4 is 0 Å². The van der Waals surface area contributed by atoms with Gasteiger partial charge in [-0.15, -0.1) is 0 Å². The number of aromatic nitrogens is 2. The number of hydrogen-bond donors (Lipinski definition) is 1. The zero-order valence-electron chi connectivity index (χ0n) is 10.9. The minimum atomic E-state index is -0.351. The van der Waals surface area contributed by atoms with Crippen molar-refractivity contribution in [1.29, 1.82) is 0 Å². The number of aryl methyl sites for hydroxylation is 2. The standard InChI is InChI=1S/C15H11BrF2N2S/c16-10-7-13-14(8-12(10)18)20(15(21)19-13)6-5-9-3-1-2-4-11(9)17/h1-4,7-8H,5-6H2,(H,19,21). The molecule has 0 fully saturated rings. The number of halogens is 3. The second kappa shape index (κ2) is 5.69. The van der Waals surface area contributed by atoms with Crippen LogP contribution in [0.1, 0.15) is 5.56 Å². The van der Waals surface area contributed by atoms with Crippen LogP contribution in [0.3, 0.4) is 0 Å². The second-order valence-electron chi connectivity index (χ2n) is 4.71. The number of fused-ring (bicyclic) bond motifs is 1. The Morgan fingerprint density at radius 2 is 1.90 bits per heavy atom. The summed E-state index contributed by atoms with van der Waals surface area (Å²) in [5, 5.41) is 0. The summed E-state index contributed by atoms with van der Waals surface area (Å²) in [7, 11) is 0. The van der Waals surface area contributed by atoms with E-state index in [1.807, 2.05) is 0 Å². The van der Waals surface area contributed by atoms with E-state index in [4.69, 9.17) is 12.2 Å². The summed E-state index contributed by atoms with van der Waals surface area (Å²) < 4.78 is 30.0. The Morgan fingerprint density at radius 1 is 1.14 bits per heavy atom. The van der Waals surface area contributed by atoms with Crippen LogP contribution >= 0.6 is 28.1 Å². The largest absolute Gasteiger partial charge is 0.331 e. The zero-order valence-corrected chi connectivity index (χ0v) is 13.3. The molecule has 0 aliphatic carbocycles.